The summed E-state index contributed by atoms with van der Waals surface area (Å²) in [6.45, 7) is 6.20. The summed E-state index contributed by atoms with van der Waals surface area (Å²) < 4.78 is 0. The Morgan fingerprint density at radius 3 is 2.62 bits per heavy atom. The number of rotatable bonds is 2. The van der Waals surface area contributed by atoms with E-state index < -0.39 is 0 Å². The van der Waals surface area contributed by atoms with E-state index in [1.165, 1.54) is 37.7 Å². The lowest BCUT2D eigenvalue weighted by Crippen LogP contribution is -2.08. The fourth-order valence-corrected chi connectivity index (χ4v) is 4.03. The van der Waals surface area contributed by atoms with Crippen LogP contribution in [0.1, 0.15) is 60.3 Å². The predicted molar refractivity (Wildman–Crippen MR) is 102 cm³/mol. The van der Waals surface area contributed by atoms with Gasteiger partial charge in [-0.05, 0) is 54.0 Å². The van der Waals surface area contributed by atoms with Crippen LogP contribution in [-0.4, -0.2) is 0 Å². The first-order chi connectivity index (χ1) is 11.6. The van der Waals surface area contributed by atoms with Gasteiger partial charge < -0.3 is 0 Å². The monoisotopic (exact) mass is 335 g/mol. The number of benzene rings is 1. The Balaban J connectivity index is 2.18. The lowest BCUT2D eigenvalue weighted by molar-refractivity contribution is 0.442. The molecule has 122 valence electrons. The minimum Gasteiger partial charge on any atom is -0.192 e. The molecule has 1 aromatic rings. The molecule has 0 atom stereocenters. The molecule has 1 fully saturated rings. The van der Waals surface area contributed by atoms with Crippen molar-refractivity contribution in [2.45, 2.75) is 44.9 Å². The maximum Gasteiger partial charge on any atom is 0.101 e. The van der Waals surface area contributed by atoms with Crippen molar-refractivity contribution in [3.05, 3.63) is 75.9 Å². The van der Waals surface area contributed by atoms with E-state index in [2.05, 4.69) is 18.7 Å². The zero-order valence-corrected chi connectivity index (χ0v) is 14.9. The molecular weight excluding hydrogens is 314 g/mol. The van der Waals surface area contributed by atoms with Crippen LogP contribution in [0.5, 0.6) is 0 Å². The average molecular weight is 336 g/mol. The molecule has 0 bridgehead atoms. The lowest BCUT2D eigenvalue weighted by atomic mass is 9.80. The molecule has 2 heteroatoms. The number of nitriles is 1. The van der Waals surface area contributed by atoms with Gasteiger partial charge >= 0.3 is 0 Å². The number of hydrogen-bond acceptors (Lipinski definition) is 1. The highest BCUT2D eigenvalue weighted by molar-refractivity contribution is 6.33. The van der Waals surface area contributed by atoms with Crippen molar-refractivity contribution >= 4 is 17.2 Å². The van der Waals surface area contributed by atoms with Gasteiger partial charge in [0.2, 0.25) is 0 Å². The fourth-order valence-electron chi connectivity index (χ4n) is 3.77. The largest absolute Gasteiger partial charge is 0.192 e. The summed E-state index contributed by atoms with van der Waals surface area (Å²) in [7, 11) is 0. The van der Waals surface area contributed by atoms with Crippen LogP contribution in [0.15, 0.2) is 48.6 Å². The Morgan fingerprint density at radius 1 is 1.17 bits per heavy atom. The summed E-state index contributed by atoms with van der Waals surface area (Å²) in [6, 6.07) is 4.51. The fraction of sp³-hybridized carbons (Fsp3) is 0.318. The quantitative estimate of drug-likeness (QED) is 0.594. The van der Waals surface area contributed by atoms with Gasteiger partial charge in [-0.25, -0.2) is 0 Å². The average Bonchev–Trinajstić information content (AvgIpc) is 2.82. The van der Waals surface area contributed by atoms with E-state index in [0.717, 1.165) is 22.3 Å². The Labute approximate surface area is 149 Å². The second-order valence-electron chi connectivity index (χ2n) is 6.62. The van der Waals surface area contributed by atoms with Crippen LogP contribution in [0.25, 0.3) is 5.57 Å². The van der Waals surface area contributed by atoms with Gasteiger partial charge in [0.25, 0.3) is 0 Å². The van der Waals surface area contributed by atoms with Crippen LogP contribution in [0.4, 0.5) is 0 Å². The molecule has 1 aromatic carbocycles. The molecule has 1 nitrogen and oxygen atoms in total. The summed E-state index contributed by atoms with van der Waals surface area (Å²) in [5, 5.41) is 10.3. The Kier molecular flexibility index (Phi) is 5.07. The Bertz CT molecular complexity index is 796. The highest BCUT2D eigenvalue weighted by Gasteiger charge is 2.23. The van der Waals surface area contributed by atoms with Gasteiger partial charge in [-0.15, -0.1) is 0 Å². The van der Waals surface area contributed by atoms with Crippen molar-refractivity contribution in [1.82, 2.24) is 0 Å². The van der Waals surface area contributed by atoms with Crippen molar-refractivity contribution in [3.8, 4) is 6.07 Å². The van der Waals surface area contributed by atoms with Crippen molar-refractivity contribution in [2.75, 3.05) is 0 Å². The van der Waals surface area contributed by atoms with E-state index in [0.29, 0.717) is 16.5 Å². The molecule has 0 heterocycles. The highest BCUT2D eigenvalue weighted by atomic mass is 35.5. The summed E-state index contributed by atoms with van der Waals surface area (Å²) in [5.41, 5.74) is 5.73. The van der Waals surface area contributed by atoms with Crippen molar-refractivity contribution in [2.24, 2.45) is 0 Å². The summed E-state index contributed by atoms with van der Waals surface area (Å²) in [5.74, 6) is 0.550. The van der Waals surface area contributed by atoms with Crippen LogP contribution in [0.2, 0.25) is 5.02 Å². The summed E-state index contributed by atoms with van der Waals surface area (Å²) in [4.78, 5) is 0. The van der Waals surface area contributed by atoms with Crippen LogP contribution in [0, 0.1) is 18.3 Å². The van der Waals surface area contributed by atoms with Gasteiger partial charge in [-0.2, -0.15) is 5.26 Å². The molecule has 1 saturated carbocycles. The lowest BCUT2D eigenvalue weighted by Gasteiger charge is -2.26. The molecule has 0 aromatic heterocycles. The second kappa shape index (κ2) is 7.24. The molecule has 0 amide bonds. The number of nitrogens with zero attached hydrogens (tertiary/aromatic N) is 1. The topological polar surface area (TPSA) is 23.8 Å². The number of allylic oxidation sites excluding steroid dienone is 7. The van der Waals surface area contributed by atoms with E-state index in [1.807, 2.05) is 37.3 Å². The van der Waals surface area contributed by atoms with Crippen LogP contribution in [0.3, 0.4) is 0 Å². The summed E-state index contributed by atoms with van der Waals surface area (Å²) >= 11 is 6.62. The third kappa shape index (κ3) is 3.12. The van der Waals surface area contributed by atoms with Crippen LogP contribution >= 0.6 is 11.6 Å². The minimum absolute atomic E-state index is 0.550. The van der Waals surface area contributed by atoms with Gasteiger partial charge in [-0.1, -0.05) is 67.8 Å². The zero-order chi connectivity index (χ0) is 17.1. The van der Waals surface area contributed by atoms with Gasteiger partial charge in [0, 0.05) is 5.56 Å². The van der Waals surface area contributed by atoms with Crippen molar-refractivity contribution in [1.29, 1.82) is 5.26 Å². The zero-order valence-electron chi connectivity index (χ0n) is 14.1. The molecule has 0 saturated heterocycles. The Hall–Kier alpha value is -2.04. The maximum absolute atomic E-state index is 9.68. The van der Waals surface area contributed by atoms with Gasteiger partial charge in [0.1, 0.15) is 6.07 Å². The first kappa shape index (κ1) is 16.8. The van der Waals surface area contributed by atoms with Gasteiger partial charge in [-0.3, -0.25) is 0 Å². The predicted octanol–water partition coefficient (Wildman–Crippen LogP) is 6.63. The number of hydrogen-bond donors (Lipinski definition) is 0. The SMILES string of the molecule is C=C1C=CC=CC=C1c1cc(C2CCCCC2)c(C)c(Cl)c1C#N. The Morgan fingerprint density at radius 2 is 1.92 bits per heavy atom. The summed E-state index contributed by atoms with van der Waals surface area (Å²) in [6.07, 6.45) is 16.2. The highest BCUT2D eigenvalue weighted by Crippen LogP contribution is 2.41. The van der Waals surface area contributed by atoms with E-state index in [1.54, 1.807) is 0 Å². The van der Waals surface area contributed by atoms with Crippen molar-refractivity contribution < 1.29 is 0 Å². The van der Waals surface area contributed by atoms with E-state index in [4.69, 9.17) is 11.6 Å². The molecule has 0 radical (unpaired) electrons. The first-order valence-electron chi connectivity index (χ1n) is 8.61. The molecule has 0 unspecified atom stereocenters. The van der Waals surface area contributed by atoms with E-state index in [-0.39, 0.29) is 0 Å². The molecular formula is C22H22ClN. The maximum atomic E-state index is 9.68. The number of halogens is 1. The first-order valence-corrected chi connectivity index (χ1v) is 8.99. The molecule has 3 rings (SSSR count). The standard InChI is InChI=1S/C22H22ClN/c1-15-9-5-3-8-12-18(15)20-13-19(17-10-6-4-7-11-17)16(2)22(23)21(20)14-24/h3,5,8-9,12-13,17H,1,4,6-7,10-11H2,2H3. The van der Waals surface area contributed by atoms with Gasteiger partial charge in [0.05, 0.1) is 10.6 Å². The second-order valence-corrected chi connectivity index (χ2v) is 7.00. The normalized spacial score (nSPS) is 18.2. The van der Waals surface area contributed by atoms with E-state index in [9.17, 15) is 5.26 Å². The molecule has 0 aliphatic heterocycles. The third-order valence-electron chi connectivity index (χ3n) is 5.13. The molecule has 0 N–H and O–H groups in total. The minimum atomic E-state index is 0.550. The van der Waals surface area contributed by atoms with Crippen molar-refractivity contribution in [3.63, 3.8) is 0 Å². The van der Waals surface area contributed by atoms with E-state index >= 15 is 0 Å². The molecule has 2 aliphatic carbocycles. The van der Waals surface area contributed by atoms with Crippen LogP contribution < -0.4 is 0 Å². The molecule has 0 spiro atoms. The smallest absolute Gasteiger partial charge is 0.101 e. The molecule has 24 heavy (non-hydrogen) atoms. The van der Waals surface area contributed by atoms with Gasteiger partial charge in [0.15, 0.2) is 0 Å². The third-order valence-corrected chi connectivity index (χ3v) is 5.60. The molecule has 2 aliphatic rings. The van der Waals surface area contributed by atoms with Crippen LogP contribution in [-0.2, 0) is 0 Å².